The first-order chi connectivity index (χ1) is 18.6. The van der Waals surface area contributed by atoms with Crippen LogP contribution in [-0.2, 0) is 40.1 Å². The molecule has 0 saturated carbocycles. The standard InChI is InChI=1S/C31H36N2O5S/c1-7-36-28(34)17-24-9-8-20(2)21(3)29(24)38-19-22-14-25-11-13-37-30(25)27(15-22)23-10-12-32-26(16-23)18-33-39(35)31(4,5)6/h8-16,33H,7,17-19H2,1-6H3. The van der Waals surface area contributed by atoms with E-state index in [2.05, 4.69) is 21.8 Å². The van der Waals surface area contributed by atoms with Gasteiger partial charge in [-0.05, 0) is 94.1 Å². The molecule has 4 rings (SSSR count). The van der Waals surface area contributed by atoms with Crippen molar-refractivity contribution in [2.24, 2.45) is 0 Å². The Bertz CT molecular complexity index is 1500. The van der Waals surface area contributed by atoms with E-state index in [1.807, 2.05) is 65.0 Å². The molecular formula is C31H36N2O5S. The molecule has 4 aromatic rings. The zero-order valence-electron chi connectivity index (χ0n) is 23.4. The molecule has 2 aromatic carbocycles. The van der Waals surface area contributed by atoms with Crippen molar-refractivity contribution >= 4 is 27.9 Å². The Hall–Kier alpha value is -3.49. The fourth-order valence-electron chi connectivity index (χ4n) is 4.25. The number of fused-ring (bicyclic) bond motifs is 1. The number of hydrogen-bond acceptors (Lipinski definition) is 6. The van der Waals surface area contributed by atoms with Crippen LogP contribution in [0.25, 0.3) is 22.1 Å². The molecule has 206 valence electrons. The number of benzene rings is 2. The largest absolute Gasteiger partial charge is 0.488 e. The van der Waals surface area contributed by atoms with Crippen LogP contribution >= 0.6 is 0 Å². The number of aromatic nitrogens is 1. The molecule has 8 heteroatoms. The van der Waals surface area contributed by atoms with Crippen molar-refractivity contribution < 1.29 is 22.9 Å². The van der Waals surface area contributed by atoms with Gasteiger partial charge in [-0.1, -0.05) is 12.1 Å². The van der Waals surface area contributed by atoms with E-state index in [-0.39, 0.29) is 17.1 Å². The highest BCUT2D eigenvalue weighted by molar-refractivity contribution is 7.84. The number of esters is 1. The SMILES string of the molecule is CCOC(=O)Cc1ccc(C)c(C)c1OCc1cc(-c2ccnc(CNS(=O)C(C)(C)C)c2)c2occc2c1. The summed E-state index contributed by atoms with van der Waals surface area (Å²) in [6.07, 6.45) is 3.59. The van der Waals surface area contributed by atoms with Crippen LogP contribution in [-0.4, -0.2) is 26.5 Å². The van der Waals surface area contributed by atoms with Gasteiger partial charge in [0, 0.05) is 22.7 Å². The third kappa shape index (κ3) is 6.94. The minimum atomic E-state index is -1.19. The van der Waals surface area contributed by atoms with E-state index in [1.165, 1.54) is 0 Å². The summed E-state index contributed by atoms with van der Waals surface area (Å²) in [5.74, 6) is 0.433. The fraction of sp³-hybridized carbons (Fsp3) is 0.355. The third-order valence-corrected chi connectivity index (χ3v) is 7.98. The Morgan fingerprint density at radius 1 is 1.10 bits per heavy atom. The normalized spacial score (nSPS) is 12.5. The van der Waals surface area contributed by atoms with Crippen LogP contribution in [0.2, 0.25) is 0 Å². The first kappa shape index (κ1) is 28.5. The van der Waals surface area contributed by atoms with Crippen LogP contribution in [0.1, 0.15) is 55.6 Å². The highest BCUT2D eigenvalue weighted by atomic mass is 32.2. The number of nitrogens with one attached hydrogen (secondary N) is 1. The molecular weight excluding hydrogens is 512 g/mol. The first-order valence-electron chi connectivity index (χ1n) is 13.0. The Morgan fingerprint density at radius 3 is 2.64 bits per heavy atom. The number of hydrogen-bond donors (Lipinski definition) is 1. The predicted octanol–water partition coefficient (Wildman–Crippen LogP) is 6.35. The first-order valence-corrected chi connectivity index (χ1v) is 14.2. The fourth-order valence-corrected chi connectivity index (χ4v) is 4.96. The second-order valence-corrected chi connectivity index (χ2v) is 12.5. The van der Waals surface area contributed by atoms with E-state index in [0.29, 0.717) is 25.5 Å². The van der Waals surface area contributed by atoms with Gasteiger partial charge in [0.15, 0.2) is 0 Å². The maximum absolute atomic E-state index is 12.4. The number of nitrogens with zero attached hydrogens (tertiary/aromatic N) is 1. The maximum Gasteiger partial charge on any atom is 0.310 e. The highest BCUT2D eigenvalue weighted by Gasteiger charge is 2.20. The summed E-state index contributed by atoms with van der Waals surface area (Å²) in [5.41, 5.74) is 7.29. The Morgan fingerprint density at radius 2 is 1.90 bits per heavy atom. The lowest BCUT2D eigenvalue weighted by Gasteiger charge is -2.18. The molecule has 0 radical (unpaired) electrons. The van der Waals surface area contributed by atoms with Crippen LogP contribution in [0.15, 0.2) is 59.3 Å². The molecule has 0 saturated heterocycles. The van der Waals surface area contributed by atoms with Crippen LogP contribution in [0.3, 0.4) is 0 Å². The molecule has 1 unspecified atom stereocenters. The van der Waals surface area contributed by atoms with Gasteiger partial charge in [0.2, 0.25) is 0 Å². The lowest BCUT2D eigenvalue weighted by molar-refractivity contribution is -0.142. The van der Waals surface area contributed by atoms with Gasteiger partial charge in [-0.25, -0.2) is 8.93 Å². The van der Waals surface area contributed by atoms with Crippen molar-refractivity contribution in [3.63, 3.8) is 0 Å². The van der Waals surface area contributed by atoms with E-state index in [0.717, 1.165) is 50.0 Å². The summed E-state index contributed by atoms with van der Waals surface area (Å²) in [5, 5.41) is 0.962. The number of pyridine rings is 1. The molecule has 1 atom stereocenters. The highest BCUT2D eigenvalue weighted by Crippen LogP contribution is 2.33. The van der Waals surface area contributed by atoms with Crippen molar-refractivity contribution in [2.45, 2.75) is 65.9 Å². The maximum atomic E-state index is 12.4. The third-order valence-electron chi connectivity index (χ3n) is 6.46. The van der Waals surface area contributed by atoms with E-state index in [4.69, 9.17) is 13.9 Å². The smallest absolute Gasteiger partial charge is 0.310 e. The number of carbonyl (C=O) groups is 1. The van der Waals surface area contributed by atoms with Crippen LogP contribution in [0.4, 0.5) is 0 Å². The van der Waals surface area contributed by atoms with E-state index in [1.54, 1.807) is 19.4 Å². The molecule has 2 aromatic heterocycles. The lowest BCUT2D eigenvalue weighted by atomic mass is 10.0. The average Bonchev–Trinajstić information content (AvgIpc) is 3.37. The van der Waals surface area contributed by atoms with Crippen LogP contribution < -0.4 is 9.46 Å². The summed E-state index contributed by atoms with van der Waals surface area (Å²) in [4.78, 5) is 16.7. The van der Waals surface area contributed by atoms with Gasteiger partial charge in [0.05, 0.1) is 47.3 Å². The quantitative estimate of drug-likeness (QED) is 0.232. The molecule has 7 nitrogen and oxygen atoms in total. The molecule has 0 aliphatic carbocycles. The molecule has 0 bridgehead atoms. The van der Waals surface area contributed by atoms with Gasteiger partial charge in [-0.15, -0.1) is 0 Å². The second-order valence-electron chi connectivity index (χ2n) is 10.5. The lowest BCUT2D eigenvalue weighted by Crippen LogP contribution is -2.33. The van der Waals surface area contributed by atoms with Gasteiger partial charge >= 0.3 is 5.97 Å². The van der Waals surface area contributed by atoms with Gasteiger partial charge in [0.25, 0.3) is 0 Å². The summed E-state index contributed by atoms with van der Waals surface area (Å²) in [7, 11) is -1.19. The summed E-state index contributed by atoms with van der Waals surface area (Å²) in [6.45, 7) is 12.7. The van der Waals surface area contributed by atoms with Crippen molar-refractivity contribution in [1.82, 2.24) is 9.71 Å². The number of carbonyl (C=O) groups excluding carboxylic acids is 1. The zero-order chi connectivity index (χ0) is 28.2. The average molecular weight is 549 g/mol. The van der Waals surface area contributed by atoms with E-state index in [9.17, 15) is 9.00 Å². The Labute approximate surface area is 232 Å². The van der Waals surface area contributed by atoms with Gasteiger partial charge in [-0.3, -0.25) is 9.78 Å². The van der Waals surface area contributed by atoms with E-state index < -0.39 is 11.0 Å². The van der Waals surface area contributed by atoms with Crippen LogP contribution in [0, 0.1) is 13.8 Å². The topological polar surface area (TPSA) is 90.7 Å². The molecule has 0 amide bonds. The van der Waals surface area contributed by atoms with E-state index >= 15 is 0 Å². The van der Waals surface area contributed by atoms with Gasteiger partial charge in [0.1, 0.15) is 17.9 Å². The molecule has 0 spiro atoms. The van der Waals surface area contributed by atoms with Crippen molar-refractivity contribution in [3.05, 3.63) is 82.9 Å². The molecule has 1 N–H and O–H groups in total. The summed E-state index contributed by atoms with van der Waals surface area (Å²) in [6, 6.07) is 13.9. The Kier molecular flexibility index (Phi) is 8.87. The molecule has 39 heavy (non-hydrogen) atoms. The number of ether oxygens (including phenoxy) is 2. The summed E-state index contributed by atoms with van der Waals surface area (Å²) >= 11 is 0. The van der Waals surface area contributed by atoms with Crippen molar-refractivity contribution in [3.8, 4) is 16.9 Å². The van der Waals surface area contributed by atoms with Gasteiger partial charge in [-0.2, -0.15) is 0 Å². The number of rotatable bonds is 10. The summed E-state index contributed by atoms with van der Waals surface area (Å²) < 4.78 is 32.5. The predicted molar refractivity (Wildman–Crippen MR) is 155 cm³/mol. The number of aryl methyl sites for hydroxylation is 1. The molecule has 0 fully saturated rings. The monoisotopic (exact) mass is 548 g/mol. The van der Waals surface area contributed by atoms with Crippen molar-refractivity contribution in [1.29, 1.82) is 0 Å². The van der Waals surface area contributed by atoms with Gasteiger partial charge < -0.3 is 13.9 Å². The molecule has 0 aliphatic rings. The minimum absolute atomic E-state index is 0.157. The zero-order valence-corrected chi connectivity index (χ0v) is 24.2. The van der Waals surface area contributed by atoms with Crippen LogP contribution in [0.5, 0.6) is 5.75 Å². The Balaban J connectivity index is 1.61. The number of furan rings is 1. The molecule has 2 heterocycles. The van der Waals surface area contributed by atoms with Crippen molar-refractivity contribution in [2.75, 3.05) is 6.61 Å². The molecule has 0 aliphatic heterocycles. The minimum Gasteiger partial charge on any atom is -0.488 e. The second kappa shape index (κ2) is 12.1.